The number of nitrogens with one attached hydrogen (secondary N) is 1. The van der Waals surface area contributed by atoms with Gasteiger partial charge in [0.2, 0.25) is 10.0 Å². The van der Waals surface area contributed by atoms with E-state index in [0.29, 0.717) is 34.9 Å². The van der Waals surface area contributed by atoms with Crippen molar-refractivity contribution in [2.75, 3.05) is 45.8 Å². The molecule has 0 spiro atoms. The first-order valence-electron chi connectivity index (χ1n) is 9.34. The highest BCUT2D eigenvalue weighted by Crippen LogP contribution is 2.27. The summed E-state index contributed by atoms with van der Waals surface area (Å²) < 4.78 is 28.3. The molecule has 6 nitrogen and oxygen atoms in total. The Morgan fingerprint density at radius 2 is 1.85 bits per heavy atom. The lowest BCUT2D eigenvalue weighted by Gasteiger charge is -2.35. The molecule has 3 rings (SSSR count). The number of rotatable bonds is 7. The highest BCUT2D eigenvalue weighted by atomic mass is 35.5. The lowest BCUT2D eigenvalue weighted by Crippen LogP contribution is -2.49. The Hall–Kier alpha value is -1.25. The van der Waals surface area contributed by atoms with Crippen LogP contribution in [0.3, 0.4) is 0 Å². The predicted octanol–water partition coefficient (Wildman–Crippen LogP) is 2.44. The molecule has 1 aliphatic heterocycles. The van der Waals surface area contributed by atoms with Crippen LogP contribution in [-0.4, -0.2) is 69.0 Å². The fraction of sp³-hybridized carbons (Fsp3) is 0.526. The molecule has 0 radical (unpaired) electrons. The molecule has 1 fully saturated rings. The summed E-state index contributed by atoms with van der Waals surface area (Å²) in [6, 6.07) is 6.57. The van der Waals surface area contributed by atoms with Gasteiger partial charge in [0, 0.05) is 57.4 Å². The SMILES string of the molecule is CC(C)CN1CCN(CCNS(=O)(=O)c2ccc(Cl)c3ncccc23)CC1. The molecule has 0 unspecified atom stereocenters. The molecule has 8 heteroatoms. The minimum atomic E-state index is -3.62. The third-order valence-electron chi connectivity index (χ3n) is 4.78. The zero-order valence-corrected chi connectivity index (χ0v) is 17.4. The first kappa shape index (κ1) is 20.5. The van der Waals surface area contributed by atoms with E-state index in [0.717, 1.165) is 32.7 Å². The van der Waals surface area contributed by atoms with E-state index >= 15 is 0 Å². The van der Waals surface area contributed by atoms with Crippen LogP contribution >= 0.6 is 11.6 Å². The van der Waals surface area contributed by atoms with Crippen LogP contribution in [0, 0.1) is 5.92 Å². The number of aromatic nitrogens is 1. The Labute approximate surface area is 166 Å². The summed E-state index contributed by atoms with van der Waals surface area (Å²) in [6.07, 6.45) is 1.61. The van der Waals surface area contributed by atoms with Crippen molar-refractivity contribution >= 4 is 32.5 Å². The molecule has 0 amide bonds. The van der Waals surface area contributed by atoms with E-state index in [1.54, 1.807) is 30.5 Å². The van der Waals surface area contributed by atoms with Gasteiger partial charge in [-0.05, 0) is 30.2 Å². The van der Waals surface area contributed by atoms with Crippen LogP contribution in [0.4, 0.5) is 0 Å². The van der Waals surface area contributed by atoms with Gasteiger partial charge in [-0.25, -0.2) is 13.1 Å². The largest absolute Gasteiger partial charge is 0.301 e. The summed E-state index contributed by atoms with van der Waals surface area (Å²) in [5.41, 5.74) is 0.503. The Kier molecular flexibility index (Phi) is 6.70. The topological polar surface area (TPSA) is 65.5 Å². The maximum absolute atomic E-state index is 12.8. The van der Waals surface area contributed by atoms with Gasteiger partial charge in [-0.2, -0.15) is 0 Å². The molecule has 1 N–H and O–H groups in total. The fourth-order valence-corrected chi connectivity index (χ4v) is 4.90. The van der Waals surface area contributed by atoms with E-state index in [9.17, 15) is 8.42 Å². The van der Waals surface area contributed by atoms with Crippen molar-refractivity contribution in [2.45, 2.75) is 18.7 Å². The van der Waals surface area contributed by atoms with Crippen LogP contribution in [0.5, 0.6) is 0 Å². The molecule has 0 aliphatic carbocycles. The summed E-state index contributed by atoms with van der Waals surface area (Å²) in [6.45, 7) is 10.7. The van der Waals surface area contributed by atoms with E-state index in [1.165, 1.54) is 0 Å². The Balaban J connectivity index is 1.58. The van der Waals surface area contributed by atoms with E-state index in [4.69, 9.17) is 11.6 Å². The molecule has 1 saturated heterocycles. The van der Waals surface area contributed by atoms with Gasteiger partial charge in [0.1, 0.15) is 0 Å². The van der Waals surface area contributed by atoms with Gasteiger partial charge >= 0.3 is 0 Å². The maximum Gasteiger partial charge on any atom is 0.241 e. The van der Waals surface area contributed by atoms with Gasteiger partial charge in [-0.15, -0.1) is 0 Å². The van der Waals surface area contributed by atoms with Gasteiger partial charge in [0.15, 0.2) is 0 Å². The molecular formula is C19H27ClN4O2S. The Bertz CT molecular complexity index is 880. The molecule has 1 aromatic carbocycles. The van der Waals surface area contributed by atoms with Crippen molar-refractivity contribution in [1.82, 2.24) is 19.5 Å². The molecule has 0 saturated carbocycles. The number of sulfonamides is 1. The van der Waals surface area contributed by atoms with Crippen molar-refractivity contribution in [3.8, 4) is 0 Å². The van der Waals surface area contributed by atoms with Crippen LogP contribution < -0.4 is 4.72 Å². The highest BCUT2D eigenvalue weighted by Gasteiger charge is 2.20. The summed E-state index contributed by atoms with van der Waals surface area (Å²) >= 11 is 6.14. The number of hydrogen-bond donors (Lipinski definition) is 1. The number of nitrogens with zero attached hydrogens (tertiary/aromatic N) is 3. The minimum Gasteiger partial charge on any atom is -0.301 e. The van der Waals surface area contributed by atoms with Crippen LogP contribution in [0.2, 0.25) is 5.02 Å². The van der Waals surface area contributed by atoms with Gasteiger partial charge < -0.3 is 4.90 Å². The molecule has 0 bridgehead atoms. The van der Waals surface area contributed by atoms with Crippen LogP contribution in [0.15, 0.2) is 35.4 Å². The monoisotopic (exact) mass is 410 g/mol. The first-order valence-corrected chi connectivity index (χ1v) is 11.2. The molecule has 27 heavy (non-hydrogen) atoms. The summed E-state index contributed by atoms with van der Waals surface area (Å²) in [5.74, 6) is 0.673. The zero-order chi connectivity index (χ0) is 19.4. The van der Waals surface area contributed by atoms with Gasteiger partial charge in [0.05, 0.1) is 15.4 Å². The second-order valence-electron chi connectivity index (χ2n) is 7.38. The fourth-order valence-electron chi connectivity index (χ4n) is 3.47. The average molecular weight is 411 g/mol. The molecular weight excluding hydrogens is 384 g/mol. The molecule has 1 aromatic heterocycles. The second-order valence-corrected chi connectivity index (χ2v) is 9.52. The molecule has 2 aromatic rings. The third kappa shape index (κ3) is 5.18. The number of benzene rings is 1. The maximum atomic E-state index is 12.8. The Morgan fingerprint density at radius 1 is 1.15 bits per heavy atom. The standard InChI is InChI=1S/C19H27ClN4O2S/c1-15(2)14-24-12-10-23(11-13-24)9-8-22-27(25,26)18-6-5-17(20)19-16(18)4-3-7-21-19/h3-7,15,22H,8-14H2,1-2H3. The van der Waals surface area contributed by atoms with Crippen molar-refractivity contribution in [1.29, 1.82) is 0 Å². The Morgan fingerprint density at radius 3 is 2.56 bits per heavy atom. The van der Waals surface area contributed by atoms with Crippen molar-refractivity contribution in [3.05, 3.63) is 35.5 Å². The van der Waals surface area contributed by atoms with Crippen molar-refractivity contribution in [2.24, 2.45) is 5.92 Å². The van der Waals surface area contributed by atoms with E-state index in [2.05, 4.69) is 33.4 Å². The number of fused-ring (bicyclic) bond motifs is 1. The van der Waals surface area contributed by atoms with E-state index < -0.39 is 10.0 Å². The minimum absolute atomic E-state index is 0.219. The summed E-state index contributed by atoms with van der Waals surface area (Å²) in [5, 5.41) is 0.989. The second kappa shape index (κ2) is 8.84. The highest BCUT2D eigenvalue weighted by molar-refractivity contribution is 7.89. The van der Waals surface area contributed by atoms with Crippen LogP contribution in [-0.2, 0) is 10.0 Å². The van der Waals surface area contributed by atoms with Crippen LogP contribution in [0.25, 0.3) is 10.9 Å². The summed E-state index contributed by atoms with van der Waals surface area (Å²) in [4.78, 5) is 9.20. The lowest BCUT2D eigenvalue weighted by molar-refractivity contribution is 0.124. The predicted molar refractivity (Wildman–Crippen MR) is 110 cm³/mol. The van der Waals surface area contributed by atoms with Crippen molar-refractivity contribution < 1.29 is 8.42 Å². The number of pyridine rings is 1. The lowest BCUT2D eigenvalue weighted by atomic mass is 10.2. The summed E-state index contributed by atoms with van der Waals surface area (Å²) in [7, 11) is -3.62. The molecule has 1 aliphatic rings. The van der Waals surface area contributed by atoms with Gasteiger partial charge in [-0.3, -0.25) is 9.88 Å². The smallest absolute Gasteiger partial charge is 0.241 e. The number of piperazine rings is 1. The quantitative estimate of drug-likeness (QED) is 0.759. The first-order chi connectivity index (χ1) is 12.9. The van der Waals surface area contributed by atoms with E-state index in [1.807, 2.05) is 0 Å². The molecule has 0 atom stereocenters. The average Bonchev–Trinajstić information content (AvgIpc) is 2.63. The zero-order valence-electron chi connectivity index (χ0n) is 15.9. The molecule has 2 heterocycles. The van der Waals surface area contributed by atoms with Crippen LogP contribution in [0.1, 0.15) is 13.8 Å². The number of hydrogen-bond acceptors (Lipinski definition) is 5. The van der Waals surface area contributed by atoms with E-state index in [-0.39, 0.29) is 4.90 Å². The third-order valence-corrected chi connectivity index (χ3v) is 6.60. The van der Waals surface area contributed by atoms with Gasteiger partial charge in [-0.1, -0.05) is 25.4 Å². The normalized spacial score (nSPS) is 17.0. The number of halogens is 1. The molecule has 148 valence electrons. The van der Waals surface area contributed by atoms with Gasteiger partial charge in [0.25, 0.3) is 0 Å². The van der Waals surface area contributed by atoms with Crippen molar-refractivity contribution in [3.63, 3.8) is 0 Å².